The van der Waals surface area contributed by atoms with Gasteiger partial charge in [0.25, 0.3) is 5.91 Å². The molecular formula is C21H22Cl2N4O. The second-order valence-corrected chi connectivity index (χ2v) is 7.60. The first kappa shape index (κ1) is 20.4. The summed E-state index contributed by atoms with van der Waals surface area (Å²) < 4.78 is 1.74. The minimum Gasteiger partial charge on any atom is -0.351 e. The molecule has 1 aromatic heterocycles. The highest BCUT2D eigenvalue weighted by Gasteiger charge is 2.16. The zero-order chi connectivity index (χ0) is 20.1. The van der Waals surface area contributed by atoms with Crippen LogP contribution in [0, 0.1) is 0 Å². The van der Waals surface area contributed by atoms with Gasteiger partial charge in [-0.05, 0) is 69.5 Å². The molecule has 3 aromatic rings. The normalized spacial score (nSPS) is 11.0. The topological polar surface area (TPSA) is 50.2 Å². The van der Waals surface area contributed by atoms with Crippen LogP contribution in [0.15, 0.2) is 54.6 Å². The van der Waals surface area contributed by atoms with Crippen LogP contribution >= 0.6 is 23.2 Å². The van der Waals surface area contributed by atoms with E-state index in [-0.39, 0.29) is 5.91 Å². The number of hydrogen-bond donors (Lipinski definition) is 1. The highest BCUT2D eigenvalue weighted by atomic mass is 35.5. The third-order valence-corrected chi connectivity index (χ3v) is 4.72. The molecule has 1 amide bonds. The first-order chi connectivity index (χ1) is 13.4. The molecule has 1 N–H and O–H groups in total. The molecule has 0 fully saturated rings. The summed E-state index contributed by atoms with van der Waals surface area (Å²) in [6, 6.07) is 16.6. The third-order valence-electron chi connectivity index (χ3n) is 4.22. The molecule has 0 aliphatic carbocycles. The smallest absolute Gasteiger partial charge is 0.271 e. The van der Waals surface area contributed by atoms with Gasteiger partial charge in [-0.3, -0.25) is 4.79 Å². The van der Waals surface area contributed by atoms with Gasteiger partial charge in [0, 0.05) is 22.2 Å². The maximum atomic E-state index is 12.6. The average Bonchev–Trinajstić information content (AvgIpc) is 3.11. The van der Waals surface area contributed by atoms with Crippen molar-refractivity contribution in [2.24, 2.45) is 0 Å². The van der Waals surface area contributed by atoms with Crippen molar-refractivity contribution in [3.63, 3.8) is 0 Å². The first-order valence-corrected chi connectivity index (χ1v) is 9.74. The van der Waals surface area contributed by atoms with Gasteiger partial charge in [-0.25, -0.2) is 4.68 Å². The summed E-state index contributed by atoms with van der Waals surface area (Å²) in [5.74, 6) is -0.193. The summed E-state index contributed by atoms with van der Waals surface area (Å²) in [7, 11) is 4.02. The maximum absolute atomic E-state index is 12.6. The van der Waals surface area contributed by atoms with Crippen LogP contribution in [-0.4, -0.2) is 47.8 Å². The van der Waals surface area contributed by atoms with Crippen LogP contribution in [0.2, 0.25) is 10.0 Å². The van der Waals surface area contributed by atoms with Crippen LogP contribution in [0.3, 0.4) is 0 Å². The Labute approximate surface area is 174 Å². The largest absolute Gasteiger partial charge is 0.351 e. The number of nitrogens with zero attached hydrogens (tertiary/aromatic N) is 3. The van der Waals surface area contributed by atoms with E-state index in [0.29, 0.717) is 22.3 Å². The Bertz CT molecular complexity index is 871. The van der Waals surface area contributed by atoms with Gasteiger partial charge in [0.05, 0.1) is 11.4 Å². The van der Waals surface area contributed by atoms with Crippen LogP contribution in [0.25, 0.3) is 16.9 Å². The molecule has 0 radical (unpaired) electrons. The van der Waals surface area contributed by atoms with E-state index in [1.807, 2.05) is 50.5 Å². The van der Waals surface area contributed by atoms with Gasteiger partial charge < -0.3 is 10.2 Å². The second kappa shape index (κ2) is 9.24. The number of benzene rings is 2. The molecule has 0 saturated heterocycles. The molecule has 0 atom stereocenters. The molecule has 2 aromatic carbocycles. The van der Waals surface area contributed by atoms with E-state index in [1.165, 1.54) is 0 Å². The van der Waals surface area contributed by atoms with Crippen molar-refractivity contribution in [2.45, 2.75) is 6.42 Å². The predicted octanol–water partition coefficient (Wildman–Crippen LogP) is 4.53. The summed E-state index contributed by atoms with van der Waals surface area (Å²) in [5, 5.41) is 8.77. The van der Waals surface area contributed by atoms with Crippen molar-refractivity contribution in [2.75, 3.05) is 27.2 Å². The minimum atomic E-state index is -0.193. The number of amides is 1. The standard InChI is InChI=1S/C21H22Cl2N4O/c1-26(2)13-3-12-24-21(28)19-14-20(15-4-6-16(22)7-5-15)27(25-19)18-10-8-17(23)9-11-18/h4-11,14H,3,12-13H2,1-2H3,(H,24,28). The Hall–Kier alpha value is -2.34. The summed E-state index contributed by atoms with van der Waals surface area (Å²) in [6.07, 6.45) is 0.876. The lowest BCUT2D eigenvalue weighted by Crippen LogP contribution is -2.27. The fourth-order valence-corrected chi connectivity index (χ4v) is 3.04. The van der Waals surface area contributed by atoms with Crippen LogP contribution in [-0.2, 0) is 0 Å². The van der Waals surface area contributed by atoms with Gasteiger partial charge in [0.15, 0.2) is 5.69 Å². The van der Waals surface area contributed by atoms with Crippen molar-refractivity contribution < 1.29 is 4.79 Å². The SMILES string of the molecule is CN(C)CCCNC(=O)c1cc(-c2ccc(Cl)cc2)n(-c2ccc(Cl)cc2)n1. The van der Waals surface area contributed by atoms with Crippen molar-refractivity contribution >= 4 is 29.1 Å². The lowest BCUT2D eigenvalue weighted by atomic mass is 10.1. The van der Waals surface area contributed by atoms with Gasteiger partial charge in [0.1, 0.15) is 0 Å². The summed E-state index contributed by atoms with van der Waals surface area (Å²) >= 11 is 12.0. The minimum absolute atomic E-state index is 0.193. The highest BCUT2D eigenvalue weighted by molar-refractivity contribution is 6.30. The Morgan fingerprint density at radius 3 is 2.25 bits per heavy atom. The molecule has 0 bridgehead atoms. The number of carbonyl (C=O) groups is 1. The van der Waals surface area contributed by atoms with Crippen molar-refractivity contribution in [3.05, 3.63) is 70.3 Å². The van der Waals surface area contributed by atoms with Crippen LogP contribution < -0.4 is 5.32 Å². The number of rotatable bonds is 7. The van der Waals surface area contributed by atoms with E-state index < -0.39 is 0 Å². The Morgan fingerprint density at radius 2 is 1.64 bits per heavy atom. The Kier molecular flexibility index (Phi) is 6.73. The number of aromatic nitrogens is 2. The van der Waals surface area contributed by atoms with E-state index in [0.717, 1.165) is 29.9 Å². The van der Waals surface area contributed by atoms with E-state index in [9.17, 15) is 4.79 Å². The lowest BCUT2D eigenvalue weighted by Gasteiger charge is -2.09. The van der Waals surface area contributed by atoms with Crippen LogP contribution in [0.1, 0.15) is 16.9 Å². The molecule has 0 aliphatic heterocycles. The molecule has 5 nitrogen and oxygen atoms in total. The molecule has 0 aliphatic rings. The maximum Gasteiger partial charge on any atom is 0.271 e. The summed E-state index contributed by atoms with van der Waals surface area (Å²) in [5.41, 5.74) is 2.90. The number of halogens is 2. The average molecular weight is 417 g/mol. The molecule has 1 heterocycles. The quantitative estimate of drug-likeness (QED) is 0.575. The molecule has 146 valence electrons. The molecule has 0 spiro atoms. The molecule has 28 heavy (non-hydrogen) atoms. The zero-order valence-electron chi connectivity index (χ0n) is 15.8. The summed E-state index contributed by atoms with van der Waals surface area (Å²) in [4.78, 5) is 14.7. The fourth-order valence-electron chi connectivity index (χ4n) is 2.79. The van der Waals surface area contributed by atoms with Gasteiger partial charge in [-0.2, -0.15) is 5.10 Å². The number of nitrogens with one attached hydrogen (secondary N) is 1. The Morgan fingerprint density at radius 1 is 1.04 bits per heavy atom. The molecule has 7 heteroatoms. The predicted molar refractivity (Wildman–Crippen MR) is 115 cm³/mol. The van der Waals surface area contributed by atoms with Crippen LogP contribution in [0.5, 0.6) is 0 Å². The zero-order valence-corrected chi connectivity index (χ0v) is 17.3. The van der Waals surface area contributed by atoms with Gasteiger partial charge in [-0.15, -0.1) is 0 Å². The van der Waals surface area contributed by atoms with Crippen LogP contribution in [0.4, 0.5) is 0 Å². The Balaban J connectivity index is 1.90. The van der Waals surface area contributed by atoms with E-state index >= 15 is 0 Å². The number of hydrogen-bond acceptors (Lipinski definition) is 3. The monoisotopic (exact) mass is 416 g/mol. The molecule has 3 rings (SSSR count). The molecular weight excluding hydrogens is 395 g/mol. The third kappa shape index (κ3) is 5.13. The van der Waals surface area contributed by atoms with E-state index in [2.05, 4.69) is 15.3 Å². The first-order valence-electron chi connectivity index (χ1n) is 8.99. The van der Waals surface area contributed by atoms with Gasteiger partial charge in [0.2, 0.25) is 0 Å². The van der Waals surface area contributed by atoms with Crippen molar-refractivity contribution in [3.8, 4) is 16.9 Å². The van der Waals surface area contributed by atoms with Gasteiger partial charge in [-0.1, -0.05) is 35.3 Å². The fraction of sp³-hybridized carbons (Fsp3) is 0.238. The van der Waals surface area contributed by atoms with E-state index in [4.69, 9.17) is 23.2 Å². The van der Waals surface area contributed by atoms with Crippen molar-refractivity contribution in [1.29, 1.82) is 0 Å². The highest BCUT2D eigenvalue weighted by Crippen LogP contribution is 2.26. The van der Waals surface area contributed by atoms with Crippen molar-refractivity contribution in [1.82, 2.24) is 20.0 Å². The molecule has 0 unspecified atom stereocenters. The van der Waals surface area contributed by atoms with Gasteiger partial charge >= 0.3 is 0 Å². The van der Waals surface area contributed by atoms with E-state index in [1.54, 1.807) is 22.9 Å². The molecule has 0 saturated carbocycles. The lowest BCUT2D eigenvalue weighted by molar-refractivity contribution is 0.0947. The number of carbonyl (C=O) groups excluding carboxylic acids is 1. The second-order valence-electron chi connectivity index (χ2n) is 6.72. The summed E-state index contributed by atoms with van der Waals surface area (Å²) in [6.45, 7) is 1.51.